The Balaban J connectivity index is 2.36. The fourth-order valence-electron chi connectivity index (χ4n) is 2.60. The van der Waals surface area contributed by atoms with Crippen molar-refractivity contribution in [2.45, 2.75) is 18.9 Å². The molecule has 1 aromatic carbocycles. The molecule has 0 radical (unpaired) electrons. The van der Waals surface area contributed by atoms with Gasteiger partial charge in [-0.1, -0.05) is 12.1 Å². The number of aromatic hydroxyl groups is 1. The summed E-state index contributed by atoms with van der Waals surface area (Å²) in [4.78, 5) is 1.68. The van der Waals surface area contributed by atoms with Crippen LogP contribution in [0.25, 0.3) is 0 Å². The van der Waals surface area contributed by atoms with Gasteiger partial charge in [0.25, 0.3) is 5.92 Å². The van der Waals surface area contributed by atoms with Crippen LogP contribution in [0.4, 0.5) is 8.78 Å². The Kier molecular flexibility index (Phi) is 4.57. The van der Waals surface area contributed by atoms with Crippen LogP contribution in [0.5, 0.6) is 5.75 Å². The van der Waals surface area contributed by atoms with E-state index in [2.05, 4.69) is 5.32 Å². The molecule has 0 amide bonds. The maximum atomic E-state index is 14.1. The van der Waals surface area contributed by atoms with Gasteiger partial charge in [0.15, 0.2) is 0 Å². The molecular weight excluding hydrogens is 266 g/mol. The van der Waals surface area contributed by atoms with E-state index in [9.17, 15) is 13.9 Å². The predicted octanol–water partition coefficient (Wildman–Crippen LogP) is 1.27. The molecule has 4 nitrogen and oxygen atoms in total. The highest BCUT2D eigenvalue weighted by Crippen LogP contribution is 2.37. The molecular formula is C14H20F2N2O2. The van der Waals surface area contributed by atoms with Crippen LogP contribution in [0, 0.1) is 6.92 Å². The SMILES string of the molecule is Cc1cc([C@@H](N2CCNCC2)C(F)(F)CO)ccc1O. The third-order valence-corrected chi connectivity index (χ3v) is 3.66. The predicted molar refractivity (Wildman–Crippen MR) is 72.1 cm³/mol. The summed E-state index contributed by atoms with van der Waals surface area (Å²) < 4.78 is 28.3. The largest absolute Gasteiger partial charge is 0.508 e. The Hall–Kier alpha value is -1.24. The van der Waals surface area contributed by atoms with Gasteiger partial charge in [-0.2, -0.15) is 0 Å². The molecule has 112 valence electrons. The third kappa shape index (κ3) is 3.08. The number of hydrogen-bond acceptors (Lipinski definition) is 4. The quantitative estimate of drug-likeness (QED) is 0.780. The lowest BCUT2D eigenvalue weighted by molar-refractivity contribution is -0.118. The average molecular weight is 286 g/mol. The Bertz CT molecular complexity index is 462. The van der Waals surface area contributed by atoms with Crippen LogP contribution < -0.4 is 5.32 Å². The number of aliphatic hydroxyl groups is 1. The van der Waals surface area contributed by atoms with E-state index in [0.717, 1.165) is 0 Å². The van der Waals surface area contributed by atoms with Crippen LogP contribution in [0.1, 0.15) is 17.2 Å². The Morgan fingerprint density at radius 2 is 2.00 bits per heavy atom. The fraction of sp³-hybridized carbons (Fsp3) is 0.571. The van der Waals surface area contributed by atoms with Crippen molar-refractivity contribution in [2.75, 3.05) is 32.8 Å². The first-order chi connectivity index (χ1) is 9.45. The van der Waals surface area contributed by atoms with E-state index in [1.165, 1.54) is 12.1 Å². The highest BCUT2D eigenvalue weighted by atomic mass is 19.3. The molecule has 6 heteroatoms. The van der Waals surface area contributed by atoms with Gasteiger partial charge in [-0.25, -0.2) is 8.78 Å². The molecule has 20 heavy (non-hydrogen) atoms. The molecule has 0 saturated carbocycles. The van der Waals surface area contributed by atoms with E-state index in [-0.39, 0.29) is 5.75 Å². The first-order valence-electron chi connectivity index (χ1n) is 6.68. The van der Waals surface area contributed by atoms with Gasteiger partial charge < -0.3 is 15.5 Å². The lowest BCUT2D eigenvalue weighted by Gasteiger charge is -2.38. The third-order valence-electron chi connectivity index (χ3n) is 3.66. The standard InChI is InChI=1S/C14H20F2N2O2/c1-10-8-11(2-3-12(10)20)13(14(15,16)9-19)18-6-4-17-5-7-18/h2-3,8,13,17,19-20H,4-7,9H2,1H3/t13-/m1/s1. The van der Waals surface area contributed by atoms with Gasteiger partial charge in [-0.3, -0.25) is 4.90 Å². The molecule has 1 aliphatic heterocycles. The molecule has 0 spiro atoms. The molecule has 1 fully saturated rings. The van der Waals surface area contributed by atoms with E-state index in [1.807, 2.05) is 0 Å². The summed E-state index contributed by atoms with van der Waals surface area (Å²) in [5, 5.41) is 21.7. The zero-order valence-electron chi connectivity index (χ0n) is 11.4. The van der Waals surface area contributed by atoms with Gasteiger partial charge in [0.05, 0.1) is 0 Å². The van der Waals surface area contributed by atoms with E-state index < -0.39 is 18.6 Å². The summed E-state index contributed by atoms with van der Waals surface area (Å²) in [5.74, 6) is -3.14. The van der Waals surface area contributed by atoms with E-state index >= 15 is 0 Å². The summed E-state index contributed by atoms with van der Waals surface area (Å²) >= 11 is 0. The number of nitrogens with zero attached hydrogens (tertiary/aromatic N) is 1. The minimum atomic E-state index is -3.22. The second-order valence-electron chi connectivity index (χ2n) is 5.15. The Labute approximate surface area is 117 Å². The van der Waals surface area contributed by atoms with Crippen LogP contribution in [-0.2, 0) is 0 Å². The second kappa shape index (κ2) is 6.03. The van der Waals surface area contributed by atoms with Crippen LogP contribution >= 0.6 is 0 Å². The van der Waals surface area contributed by atoms with Crippen molar-refractivity contribution in [3.05, 3.63) is 29.3 Å². The molecule has 1 heterocycles. The molecule has 1 saturated heterocycles. The number of piperazine rings is 1. The summed E-state index contributed by atoms with van der Waals surface area (Å²) in [7, 11) is 0. The number of halogens is 2. The van der Waals surface area contributed by atoms with Crippen molar-refractivity contribution in [1.82, 2.24) is 10.2 Å². The number of phenols is 1. The lowest BCUT2D eigenvalue weighted by atomic mass is 9.96. The number of aryl methyl sites for hydroxylation is 1. The molecule has 1 atom stereocenters. The van der Waals surface area contributed by atoms with Crippen molar-refractivity contribution < 1.29 is 19.0 Å². The molecule has 1 aliphatic rings. The maximum absolute atomic E-state index is 14.1. The summed E-state index contributed by atoms with van der Waals surface area (Å²) in [6, 6.07) is 3.31. The first-order valence-corrected chi connectivity index (χ1v) is 6.68. The normalized spacial score (nSPS) is 19.0. The van der Waals surface area contributed by atoms with Crippen LogP contribution in [0.15, 0.2) is 18.2 Å². The molecule has 3 N–H and O–H groups in total. The van der Waals surface area contributed by atoms with Crippen LogP contribution in [0.3, 0.4) is 0 Å². The van der Waals surface area contributed by atoms with Gasteiger partial charge in [0, 0.05) is 26.2 Å². The molecule has 0 aliphatic carbocycles. The summed E-state index contributed by atoms with van der Waals surface area (Å²) in [6.07, 6.45) is 0. The minimum Gasteiger partial charge on any atom is -0.508 e. The Morgan fingerprint density at radius 1 is 1.35 bits per heavy atom. The van der Waals surface area contributed by atoms with Crippen molar-refractivity contribution in [3.63, 3.8) is 0 Å². The number of alkyl halides is 2. The number of rotatable bonds is 4. The van der Waals surface area contributed by atoms with Gasteiger partial charge >= 0.3 is 0 Å². The number of hydrogen-bond donors (Lipinski definition) is 3. The van der Waals surface area contributed by atoms with Crippen molar-refractivity contribution in [1.29, 1.82) is 0 Å². The molecule has 0 unspecified atom stereocenters. The van der Waals surface area contributed by atoms with Crippen LogP contribution in [-0.4, -0.2) is 53.8 Å². The van der Waals surface area contributed by atoms with Gasteiger partial charge in [0.2, 0.25) is 0 Å². The topological polar surface area (TPSA) is 55.7 Å². The average Bonchev–Trinajstić information content (AvgIpc) is 2.44. The lowest BCUT2D eigenvalue weighted by Crippen LogP contribution is -2.51. The van der Waals surface area contributed by atoms with E-state index in [1.54, 1.807) is 17.9 Å². The maximum Gasteiger partial charge on any atom is 0.289 e. The van der Waals surface area contributed by atoms with Gasteiger partial charge in [-0.05, 0) is 24.1 Å². The zero-order chi connectivity index (χ0) is 14.8. The smallest absolute Gasteiger partial charge is 0.289 e. The van der Waals surface area contributed by atoms with Gasteiger partial charge in [0.1, 0.15) is 18.4 Å². The van der Waals surface area contributed by atoms with E-state index in [4.69, 9.17) is 5.11 Å². The van der Waals surface area contributed by atoms with Crippen LogP contribution in [0.2, 0.25) is 0 Å². The minimum absolute atomic E-state index is 0.0834. The highest BCUT2D eigenvalue weighted by molar-refractivity contribution is 5.37. The molecule has 2 rings (SSSR count). The fourth-order valence-corrected chi connectivity index (χ4v) is 2.60. The summed E-state index contributed by atoms with van der Waals surface area (Å²) in [6.45, 7) is 2.77. The Morgan fingerprint density at radius 3 is 2.55 bits per heavy atom. The number of nitrogens with one attached hydrogen (secondary N) is 1. The molecule has 0 aromatic heterocycles. The number of aliphatic hydroxyl groups excluding tert-OH is 1. The second-order valence-corrected chi connectivity index (χ2v) is 5.15. The van der Waals surface area contributed by atoms with E-state index in [0.29, 0.717) is 37.3 Å². The summed E-state index contributed by atoms with van der Waals surface area (Å²) in [5.41, 5.74) is 0.970. The van der Waals surface area contributed by atoms with Gasteiger partial charge in [-0.15, -0.1) is 0 Å². The number of phenolic OH excluding ortho intramolecular Hbond substituents is 1. The monoisotopic (exact) mass is 286 g/mol. The highest BCUT2D eigenvalue weighted by Gasteiger charge is 2.44. The molecule has 1 aromatic rings. The zero-order valence-corrected chi connectivity index (χ0v) is 11.4. The first kappa shape index (κ1) is 15.2. The molecule has 0 bridgehead atoms. The van der Waals surface area contributed by atoms with Crippen molar-refractivity contribution >= 4 is 0 Å². The number of benzene rings is 1. The van der Waals surface area contributed by atoms with Crippen molar-refractivity contribution in [3.8, 4) is 5.75 Å². The van der Waals surface area contributed by atoms with Crippen molar-refractivity contribution in [2.24, 2.45) is 0 Å².